The van der Waals surface area contributed by atoms with Crippen molar-refractivity contribution in [3.05, 3.63) is 11.1 Å². The van der Waals surface area contributed by atoms with E-state index in [1.807, 2.05) is 0 Å². The molecule has 3 heteroatoms. The molecular formula is C12H17NO2. The molecule has 0 spiro atoms. The summed E-state index contributed by atoms with van der Waals surface area (Å²) >= 11 is 0. The molecule has 82 valence electrons. The van der Waals surface area contributed by atoms with Crippen molar-refractivity contribution in [1.29, 1.82) is 0 Å². The molecule has 0 aromatic carbocycles. The normalized spacial score (nSPS) is 32.7. The maximum absolute atomic E-state index is 11.5. The molecule has 1 aliphatic heterocycles. The van der Waals surface area contributed by atoms with E-state index in [2.05, 4.69) is 12.2 Å². The van der Waals surface area contributed by atoms with Gasteiger partial charge in [0.25, 0.3) is 5.91 Å². The molecule has 2 amide bonds. The lowest BCUT2D eigenvalue weighted by atomic mass is 9.99. The first kappa shape index (κ1) is 10.4. The van der Waals surface area contributed by atoms with Crippen molar-refractivity contribution < 1.29 is 9.59 Å². The fraction of sp³-hybridized carbons (Fsp3) is 0.667. The summed E-state index contributed by atoms with van der Waals surface area (Å²) in [6.07, 6.45) is 5.86. The SMILES string of the molecule is CC1CCCC(=C2CC(=O)NC2=O)CC1. The minimum absolute atomic E-state index is 0.139. The number of carbonyl (C=O) groups is 2. The van der Waals surface area contributed by atoms with Gasteiger partial charge in [-0.3, -0.25) is 14.9 Å². The first-order chi connectivity index (χ1) is 7.16. The van der Waals surface area contributed by atoms with E-state index in [1.165, 1.54) is 12.0 Å². The van der Waals surface area contributed by atoms with E-state index in [0.29, 0.717) is 6.42 Å². The molecule has 1 N–H and O–H groups in total. The Kier molecular flexibility index (Phi) is 2.89. The van der Waals surface area contributed by atoms with E-state index >= 15 is 0 Å². The number of hydrogen-bond acceptors (Lipinski definition) is 2. The van der Waals surface area contributed by atoms with Crippen molar-refractivity contribution in [2.75, 3.05) is 0 Å². The molecular weight excluding hydrogens is 190 g/mol. The molecule has 0 radical (unpaired) electrons. The highest BCUT2D eigenvalue weighted by Crippen LogP contribution is 2.30. The van der Waals surface area contributed by atoms with E-state index < -0.39 is 0 Å². The lowest BCUT2D eigenvalue weighted by molar-refractivity contribution is -0.124. The van der Waals surface area contributed by atoms with E-state index in [-0.39, 0.29) is 11.8 Å². The number of hydrogen-bond donors (Lipinski definition) is 1. The molecule has 1 atom stereocenters. The van der Waals surface area contributed by atoms with Crippen LogP contribution in [0.3, 0.4) is 0 Å². The second kappa shape index (κ2) is 4.17. The number of carbonyl (C=O) groups excluding carboxylic acids is 2. The Bertz CT molecular complexity index is 331. The summed E-state index contributed by atoms with van der Waals surface area (Å²) < 4.78 is 0. The molecule has 1 heterocycles. The Morgan fingerprint density at radius 2 is 2.00 bits per heavy atom. The highest BCUT2D eigenvalue weighted by molar-refractivity contribution is 6.13. The number of allylic oxidation sites excluding steroid dienone is 1. The van der Waals surface area contributed by atoms with Crippen molar-refractivity contribution in [3.63, 3.8) is 0 Å². The lowest BCUT2D eigenvalue weighted by Gasteiger charge is -2.06. The highest BCUT2D eigenvalue weighted by Gasteiger charge is 2.27. The number of imide groups is 1. The summed E-state index contributed by atoms with van der Waals surface area (Å²) in [7, 11) is 0. The Morgan fingerprint density at radius 3 is 2.67 bits per heavy atom. The molecule has 3 nitrogen and oxygen atoms in total. The average Bonchev–Trinajstić information content (AvgIpc) is 2.39. The molecule has 1 saturated carbocycles. The van der Waals surface area contributed by atoms with Crippen LogP contribution in [0.15, 0.2) is 11.1 Å². The van der Waals surface area contributed by atoms with Crippen molar-refractivity contribution >= 4 is 11.8 Å². The molecule has 1 saturated heterocycles. The van der Waals surface area contributed by atoms with Crippen LogP contribution >= 0.6 is 0 Å². The molecule has 1 aliphatic carbocycles. The molecule has 2 rings (SSSR count). The maximum atomic E-state index is 11.5. The Hall–Kier alpha value is -1.12. The quantitative estimate of drug-likeness (QED) is 0.375. The average molecular weight is 207 g/mol. The molecule has 0 bridgehead atoms. The zero-order valence-corrected chi connectivity index (χ0v) is 9.14. The third kappa shape index (κ3) is 2.28. The van der Waals surface area contributed by atoms with Crippen LogP contribution in [0.25, 0.3) is 0 Å². The van der Waals surface area contributed by atoms with Gasteiger partial charge in [-0.15, -0.1) is 0 Å². The number of amides is 2. The minimum atomic E-state index is -0.149. The molecule has 2 fully saturated rings. The van der Waals surface area contributed by atoms with Gasteiger partial charge < -0.3 is 0 Å². The van der Waals surface area contributed by atoms with Crippen LogP contribution in [-0.4, -0.2) is 11.8 Å². The van der Waals surface area contributed by atoms with Crippen LogP contribution in [-0.2, 0) is 9.59 Å². The van der Waals surface area contributed by atoms with Gasteiger partial charge in [0.2, 0.25) is 5.91 Å². The monoisotopic (exact) mass is 207 g/mol. The van der Waals surface area contributed by atoms with E-state index in [1.54, 1.807) is 0 Å². The van der Waals surface area contributed by atoms with Crippen molar-refractivity contribution in [2.24, 2.45) is 5.92 Å². The van der Waals surface area contributed by atoms with Gasteiger partial charge in [-0.05, 0) is 31.6 Å². The zero-order chi connectivity index (χ0) is 10.8. The van der Waals surface area contributed by atoms with Gasteiger partial charge in [0.1, 0.15) is 0 Å². The second-order valence-electron chi connectivity index (χ2n) is 4.67. The minimum Gasteiger partial charge on any atom is -0.292 e. The zero-order valence-electron chi connectivity index (χ0n) is 9.14. The summed E-state index contributed by atoms with van der Waals surface area (Å²) in [5, 5.41) is 2.36. The van der Waals surface area contributed by atoms with Crippen LogP contribution in [0.4, 0.5) is 0 Å². The summed E-state index contributed by atoms with van der Waals surface area (Å²) in [4.78, 5) is 22.6. The van der Waals surface area contributed by atoms with Gasteiger partial charge in [0, 0.05) is 5.57 Å². The van der Waals surface area contributed by atoms with Gasteiger partial charge in [0.05, 0.1) is 6.42 Å². The fourth-order valence-corrected chi connectivity index (χ4v) is 2.43. The first-order valence-corrected chi connectivity index (χ1v) is 5.72. The third-order valence-corrected chi connectivity index (χ3v) is 3.41. The lowest BCUT2D eigenvalue weighted by Crippen LogP contribution is -2.19. The maximum Gasteiger partial charge on any atom is 0.254 e. The largest absolute Gasteiger partial charge is 0.292 e. The van der Waals surface area contributed by atoms with Crippen LogP contribution in [0.5, 0.6) is 0 Å². The summed E-state index contributed by atoms with van der Waals surface area (Å²) in [5.41, 5.74) is 1.98. The van der Waals surface area contributed by atoms with Crippen LogP contribution in [0, 0.1) is 5.92 Å². The molecule has 15 heavy (non-hydrogen) atoms. The first-order valence-electron chi connectivity index (χ1n) is 5.72. The van der Waals surface area contributed by atoms with Crippen molar-refractivity contribution in [2.45, 2.75) is 45.4 Å². The second-order valence-corrected chi connectivity index (χ2v) is 4.67. The highest BCUT2D eigenvalue weighted by atomic mass is 16.2. The molecule has 0 aromatic rings. The summed E-state index contributed by atoms with van der Waals surface area (Å²) in [6.45, 7) is 2.26. The predicted molar refractivity (Wildman–Crippen MR) is 57.0 cm³/mol. The molecule has 2 aliphatic rings. The van der Waals surface area contributed by atoms with Gasteiger partial charge in [0.15, 0.2) is 0 Å². The van der Waals surface area contributed by atoms with Crippen LogP contribution in [0.1, 0.15) is 45.4 Å². The number of nitrogens with one attached hydrogen (secondary N) is 1. The van der Waals surface area contributed by atoms with Crippen LogP contribution in [0.2, 0.25) is 0 Å². The van der Waals surface area contributed by atoms with Crippen molar-refractivity contribution in [1.82, 2.24) is 5.32 Å². The summed E-state index contributed by atoms with van der Waals surface area (Å²) in [5.74, 6) is 0.465. The van der Waals surface area contributed by atoms with Gasteiger partial charge in [-0.1, -0.05) is 18.9 Å². The van der Waals surface area contributed by atoms with E-state index in [4.69, 9.17) is 0 Å². The van der Waals surface area contributed by atoms with E-state index in [0.717, 1.165) is 37.2 Å². The van der Waals surface area contributed by atoms with Gasteiger partial charge >= 0.3 is 0 Å². The smallest absolute Gasteiger partial charge is 0.254 e. The van der Waals surface area contributed by atoms with Gasteiger partial charge in [-0.2, -0.15) is 0 Å². The Labute approximate surface area is 89.9 Å². The molecule has 0 aromatic heterocycles. The Morgan fingerprint density at radius 1 is 1.20 bits per heavy atom. The van der Waals surface area contributed by atoms with Crippen LogP contribution < -0.4 is 5.32 Å². The van der Waals surface area contributed by atoms with E-state index in [9.17, 15) is 9.59 Å². The predicted octanol–water partition coefficient (Wildman–Crippen LogP) is 1.93. The van der Waals surface area contributed by atoms with Crippen molar-refractivity contribution in [3.8, 4) is 0 Å². The number of rotatable bonds is 0. The molecule has 1 unspecified atom stereocenters. The Balaban J connectivity index is 2.17. The standard InChI is InChI=1S/C12H17NO2/c1-8-3-2-4-9(6-5-8)10-7-11(14)13-12(10)15/h8H,2-7H2,1H3,(H,13,14,15). The summed E-state index contributed by atoms with van der Waals surface area (Å²) in [6, 6.07) is 0. The van der Waals surface area contributed by atoms with Gasteiger partial charge in [-0.25, -0.2) is 0 Å². The topological polar surface area (TPSA) is 46.2 Å². The third-order valence-electron chi connectivity index (χ3n) is 3.41. The fourth-order valence-electron chi connectivity index (χ4n) is 2.43.